The molecule has 0 unspecified atom stereocenters. The molecule has 0 aliphatic rings. The molecular formula is C9H11BrN2OSi. The molecule has 0 spiro atoms. The summed E-state index contributed by atoms with van der Waals surface area (Å²) >= 11 is 3.18. The monoisotopic (exact) mass is 270 g/mol. The van der Waals surface area contributed by atoms with Crippen LogP contribution in [0.2, 0.25) is 19.6 Å². The van der Waals surface area contributed by atoms with Gasteiger partial charge < -0.3 is 5.11 Å². The smallest absolute Gasteiger partial charge is 0.246 e. The predicted molar refractivity (Wildman–Crippen MR) is 61.6 cm³/mol. The molecule has 0 aliphatic heterocycles. The second-order valence-electron chi connectivity index (χ2n) is 3.86. The molecule has 1 N–H and O–H groups in total. The Labute approximate surface area is 92.7 Å². The van der Waals surface area contributed by atoms with E-state index in [2.05, 4.69) is 57.0 Å². The van der Waals surface area contributed by atoms with Crippen LogP contribution >= 0.6 is 15.9 Å². The van der Waals surface area contributed by atoms with Crippen molar-refractivity contribution < 1.29 is 5.11 Å². The summed E-state index contributed by atoms with van der Waals surface area (Å²) in [5.74, 6) is 2.74. The second-order valence-corrected chi connectivity index (χ2v) is 9.43. The number of rotatable bonds is 0. The van der Waals surface area contributed by atoms with Crippen LogP contribution in [0, 0.1) is 11.5 Å². The Morgan fingerprint density at radius 3 is 2.64 bits per heavy atom. The minimum absolute atomic E-state index is 0.112. The van der Waals surface area contributed by atoms with E-state index in [1.807, 2.05) is 0 Å². The van der Waals surface area contributed by atoms with Crippen molar-refractivity contribution in [2.45, 2.75) is 19.6 Å². The lowest BCUT2D eigenvalue weighted by Gasteiger charge is -2.03. The lowest BCUT2D eigenvalue weighted by molar-refractivity contribution is 0.448. The highest BCUT2D eigenvalue weighted by molar-refractivity contribution is 9.10. The SMILES string of the molecule is C[Si](C)(C)C#Cc1nc(Br)cnc1O. The van der Waals surface area contributed by atoms with Crippen molar-refractivity contribution in [3.63, 3.8) is 0 Å². The van der Waals surface area contributed by atoms with Gasteiger partial charge in [-0.25, -0.2) is 9.97 Å². The molecule has 1 rings (SSSR count). The maximum atomic E-state index is 9.35. The molecule has 0 radical (unpaired) electrons. The largest absolute Gasteiger partial charge is 0.491 e. The molecule has 3 nitrogen and oxygen atoms in total. The van der Waals surface area contributed by atoms with Gasteiger partial charge in [-0.1, -0.05) is 19.6 Å². The minimum atomic E-state index is -1.44. The van der Waals surface area contributed by atoms with Gasteiger partial charge in [0.05, 0.1) is 6.20 Å². The van der Waals surface area contributed by atoms with Crippen molar-refractivity contribution in [3.05, 3.63) is 16.5 Å². The number of aromatic hydroxyl groups is 1. The van der Waals surface area contributed by atoms with E-state index in [4.69, 9.17) is 0 Å². The summed E-state index contributed by atoms with van der Waals surface area (Å²) in [6.45, 7) is 6.38. The van der Waals surface area contributed by atoms with E-state index >= 15 is 0 Å². The van der Waals surface area contributed by atoms with Crippen LogP contribution in [0.25, 0.3) is 0 Å². The quantitative estimate of drug-likeness (QED) is 0.581. The fraction of sp³-hybridized carbons (Fsp3) is 0.333. The van der Waals surface area contributed by atoms with Gasteiger partial charge >= 0.3 is 0 Å². The van der Waals surface area contributed by atoms with E-state index < -0.39 is 8.07 Å². The molecule has 0 aromatic carbocycles. The Hall–Kier alpha value is -0.863. The zero-order valence-electron chi connectivity index (χ0n) is 8.30. The molecule has 0 bridgehead atoms. The Bertz CT molecular complexity index is 403. The van der Waals surface area contributed by atoms with Gasteiger partial charge in [-0.15, -0.1) is 5.54 Å². The van der Waals surface area contributed by atoms with Gasteiger partial charge in [0.15, 0.2) is 5.69 Å². The van der Waals surface area contributed by atoms with Crippen molar-refractivity contribution in [2.24, 2.45) is 0 Å². The molecule has 74 valence electrons. The molecule has 0 amide bonds. The average Bonchev–Trinajstić information content (AvgIpc) is 2.05. The summed E-state index contributed by atoms with van der Waals surface area (Å²) in [6, 6.07) is 0. The first kappa shape index (κ1) is 11.2. The molecule has 1 aromatic heterocycles. The fourth-order valence-corrected chi connectivity index (χ4v) is 1.46. The third-order valence-electron chi connectivity index (χ3n) is 1.28. The zero-order valence-corrected chi connectivity index (χ0v) is 10.9. The molecule has 0 aliphatic carbocycles. The highest BCUT2D eigenvalue weighted by atomic mass is 79.9. The standard InChI is InChI=1S/C9H11BrN2OSi/c1-14(2,3)5-4-7-9(13)11-6-8(10)12-7/h6H,1-3H3,(H,11,13). The first-order valence-corrected chi connectivity index (χ1v) is 8.42. The number of hydrogen-bond donors (Lipinski definition) is 1. The summed E-state index contributed by atoms with van der Waals surface area (Å²) < 4.78 is 0.579. The van der Waals surface area contributed by atoms with Crippen molar-refractivity contribution in [1.82, 2.24) is 9.97 Å². The summed E-state index contributed by atoms with van der Waals surface area (Å²) in [5.41, 5.74) is 3.45. The van der Waals surface area contributed by atoms with Crippen LogP contribution in [0.5, 0.6) is 5.88 Å². The van der Waals surface area contributed by atoms with Crippen LogP contribution in [-0.4, -0.2) is 23.1 Å². The lowest BCUT2D eigenvalue weighted by atomic mass is 10.4. The van der Waals surface area contributed by atoms with Gasteiger partial charge in [0.25, 0.3) is 0 Å². The van der Waals surface area contributed by atoms with Gasteiger partial charge in [0.2, 0.25) is 5.88 Å². The Morgan fingerprint density at radius 1 is 1.43 bits per heavy atom. The zero-order chi connectivity index (χ0) is 10.8. The van der Waals surface area contributed by atoms with E-state index in [1.54, 1.807) is 0 Å². The maximum absolute atomic E-state index is 9.35. The molecule has 14 heavy (non-hydrogen) atoms. The third-order valence-corrected chi connectivity index (χ3v) is 2.54. The average molecular weight is 271 g/mol. The molecule has 1 aromatic rings. The summed E-state index contributed by atoms with van der Waals surface area (Å²) in [4.78, 5) is 7.77. The van der Waals surface area contributed by atoms with Gasteiger partial charge in [-0.2, -0.15) is 0 Å². The van der Waals surface area contributed by atoms with Crippen molar-refractivity contribution in [1.29, 1.82) is 0 Å². The van der Waals surface area contributed by atoms with E-state index in [0.29, 0.717) is 10.3 Å². The second kappa shape index (κ2) is 4.11. The number of hydrogen-bond acceptors (Lipinski definition) is 3. The topological polar surface area (TPSA) is 46.0 Å². The Morgan fingerprint density at radius 2 is 2.07 bits per heavy atom. The van der Waals surface area contributed by atoms with Crippen LogP contribution in [0.3, 0.4) is 0 Å². The van der Waals surface area contributed by atoms with Gasteiger partial charge in [0, 0.05) is 0 Å². The van der Waals surface area contributed by atoms with Crippen LogP contribution in [0.15, 0.2) is 10.8 Å². The number of halogens is 1. The van der Waals surface area contributed by atoms with Crippen molar-refractivity contribution in [3.8, 4) is 17.3 Å². The summed E-state index contributed by atoms with van der Waals surface area (Å²) in [6.07, 6.45) is 1.44. The Kier molecular flexibility index (Phi) is 3.29. The van der Waals surface area contributed by atoms with Gasteiger partial charge in [-0.05, 0) is 21.9 Å². The van der Waals surface area contributed by atoms with Crippen LogP contribution in [0.1, 0.15) is 5.69 Å². The maximum Gasteiger partial charge on any atom is 0.246 e. The van der Waals surface area contributed by atoms with Gasteiger partial charge in [-0.3, -0.25) is 0 Å². The molecule has 0 fully saturated rings. The third kappa shape index (κ3) is 3.48. The van der Waals surface area contributed by atoms with Crippen molar-refractivity contribution in [2.75, 3.05) is 0 Å². The molecule has 5 heteroatoms. The lowest BCUT2D eigenvalue weighted by Crippen LogP contribution is -2.16. The molecule has 1 heterocycles. The molecular weight excluding hydrogens is 260 g/mol. The molecule has 0 saturated heterocycles. The molecule has 0 saturated carbocycles. The normalized spacial score (nSPS) is 10.6. The number of aromatic nitrogens is 2. The van der Waals surface area contributed by atoms with E-state index in [1.165, 1.54) is 6.20 Å². The highest BCUT2D eigenvalue weighted by Crippen LogP contribution is 2.13. The van der Waals surface area contributed by atoms with Crippen LogP contribution in [0.4, 0.5) is 0 Å². The first-order chi connectivity index (χ1) is 6.38. The first-order valence-electron chi connectivity index (χ1n) is 4.13. The highest BCUT2D eigenvalue weighted by Gasteiger charge is 2.09. The predicted octanol–water partition coefficient (Wildman–Crippen LogP) is 2.17. The van der Waals surface area contributed by atoms with Crippen LogP contribution < -0.4 is 0 Å². The summed E-state index contributed by atoms with van der Waals surface area (Å²) in [5, 5.41) is 9.35. The van der Waals surface area contributed by atoms with Crippen molar-refractivity contribution >= 4 is 24.0 Å². The fourth-order valence-electron chi connectivity index (χ4n) is 0.692. The van der Waals surface area contributed by atoms with E-state index in [9.17, 15) is 5.11 Å². The van der Waals surface area contributed by atoms with E-state index in [0.717, 1.165) is 0 Å². The van der Waals surface area contributed by atoms with Gasteiger partial charge in [0.1, 0.15) is 12.7 Å². The van der Waals surface area contributed by atoms with Crippen LogP contribution in [-0.2, 0) is 0 Å². The number of nitrogens with zero attached hydrogens (tertiary/aromatic N) is 2. The summed E-state index contributed by atoms with van der Waals surface area (Å²) in [7, 11) is -1.44. The molecule has 0 atom stereocenters. The minimum Gasteiger partial charge on any atom is -0.491 e. The van der Waals surface area contributed by atoms with E-state index in [-0.39, 0.29) is 5.88 Å². The Balaban J connectivity index is 3.06.